The Balaban J connectivity index is 1.82. The number of hydrogen-bond acceptors (Lipinski definition) is 4. The van der Waals surface area contributed by atoms with Crippen LogP contribution in [0.1, 0.15) is 36.0 Å². The molecule has 2 aliphatic rings. The number of hydrogen-bond donors (Lipinski definition) is 2. The summed E-state index contributed by atoms with van der Waals surface area (Å²) in [5, 5.41) is 13.9. The molecule has 3 N–H and O–H groups in total. The number of carbonyl (C=O) groups is 1. The number of halogens is 1. The molecule has 0 aliphatic heterocycles. The quantitative estimate of drug-likeness (QED) is 0.509. The van der Waals surface area contributed by atoms with Crippen molar-refractivity contribution in [1.82, 2.24) is 5.32 Å². The molecule has 0 heterocycles. The van der Waals surface area contributed by atoms with Crippen LogP contribution in [0.4, 0.5) is 11.4 Å². The van der Waals surface area contributed by atoms with E-state index in [0.29, 0.717) is 11.8 Å². The molecule has 2 bridgehead atoms. The second-order valence-corrected chi connectivity index (χ2v) is 6.31. The molecule has 2 saturated carbocycles. The molecule has 3 unspecified atom stereocenters. The minimum atomic E-state index is -0.584. The lowest BCUT2D eigenvalue weighted by Gasteiger charge is -2.23. The average molecular weight is 310 g/mol. The van der Waals surface area contributed by atoms with Crippen LogP contribution in [0.25, 0.3) is 0 Å². The van der Waals surface area contributed by atoms with E-state index in [0.717, 1.165) is 25.3 Å². The first kappa shape index (κ1) is 14.1. The maximum atomic E-state index is 12.4. The van der Waals surface area contributed by atoms with Crippen LogP contribution in [0.2, 0.25) is 5.02 Å². The van der Waals surface area contributed by atoms with Gasteiger partial charge in [0.25, 0.3) is 11.6 Å². The fourth-order valence-electron chi connectivity index (χ4n) is 3.56. The van der Waals surface area contributed by atoms with Crippen molar-refractivity contribution in [1.29, 1.82) is 0 Å². The van der Waals surface area contributed by atoms with Crippen LogP contribution in [0, 0.1) is 22.0 Å². The number of nitrogens with zero attached hydrogens (tertiary/aromatic N) is 1. The highest BCUT2D eigenvalue weighted by Gasteiger charge is 2.40. The molecule has 3 atom stereocenters. The zero-order valence-corrected chi connectivity index (χ0v) is 12.1. The Kier molecular flexibility index (Phi) is 3.49. The van der Waals surface area contributed by atoms with Gasteiger partial charge < -0.3 is 11.1 Å². The van der Waals surface area contributed by atoms with Crippen molar-refractivity contribution in [2.45, 2.75) is 31.7 Å². The molecular formula is C14H16ClN3O3. The van der Waals surface area contributed by atoms with Gasteiger partial charge in [-0.1, -0.05) is 18.0 Å². The predicted octanol–water partition coefficient (Wildman–Crippen LogP) is 2.75. The molecule has 0 radical (unpaired) electrons. The highest BCUT2D eigenvalue weighted by molar-refractivity contribution is 6.34. The molecular weight excluding hydrogens is 294 g/mol. The number of nitrogens with two attached hydrogens (primary N) is 1. The third kappa shape index (κ3) is 2.55. The maximum Gasteiger partial charge on any atom is 0.271 e. The Morgan fingerprint density at radius 1 is 1.38 bits per heavy atom. The Labute approximate surface area is 126 Å². The minimum Gasteiger partial charge on any atom is -0.397 e. The Morgan fingerprint density at radius 2 is 2.14 bits per heavy atom. The number of anilines is 1. The van der Waals surface area contributed by atoms with Crippen molar-refractivity contribution in [2.24, 2.45) is 11.8 Å². The Bertz CT molecular complexity index is 620. The van der Waals surface area contributed by atoms with Crippen molar-refractivity contribution in [3.05, 3.63) is 32.8 Å². The summed E-state index contributed by atoms with van der Waals surface area (Å²) in [7, 11) is 0. The number of nitro groups is 1. The lowest BCUT2D eigenvalue weighted by Crippen LogP contribution is -2.38. The van der Waals surface area contributed by atoms with Gasteiger partial charge >= 0.3 is 0 Å². The number of nitrogen functional groups attached to an aromatic ring is 1. The molecule has 21 heavy (non-hydrogen) atoms. The van der Waals surface area contributed by atoms with Crippen LogP contribution in [0.5, 0.6) is 0 Å². The summed E-state index contributed by atoms with van der Waals surface area (Å²) in [6, 6.07) is 2.49. The largest absolute Gasteiger partial charge is 0.397 e. The normalized spacial score (nSPS) is 26.8. The second-order valence-electron chi connectivity index (χ2n) is 5.90. The smallest absolute Gasteiger partial charge is 0.271 e. The number of non-ortho nitro benzene ring substituents is 1. The van der Waals surface area contributed by atoms with Gasteiger partial charge in [0.05, 0.1) is 21.2 Å². The SMILES string of the molecule is Nc1c(Cl)cc([N+](=O)[O-])cc1C(=O)NC1CC2CCC1C2. The first-order valence-corrected chi connectivity index (χ1v) is 7.37. The number of nitro benzene ring substituents is 1. The van der Waals surface area contributed by atoms with Crippen LogP contribution in [0.3, 0.4) is 0 Å². The molecule has 1 aromatic carbocycles. The third-order valence-corrected chi connectivity index (χ3v) is 4.94. The molecule has 6 nitrogen and oxygen atoms in total. The fourth-order valence-corrected chi connectivity index (χ4v) is 3.78. The Hall–Kier alpha value is -1.82. The third-order valence-electron chi connectivity index (χ3n) is 4.62. The molecule has 0 spiro atoms. The van der Waals surface area contributed by atoms with E-state index in [2.05, 4.69) is 5.32 Å². The van der Waals surface area contributed by atoms with Gasteiger partial charge in [-0.15, -0.1) is 0 Å². The first-order valence-electron chi connectivity index (χ1n) is 7.00. The molecule has 2 aliphatic carbocycles. The molecule has 0 aromatic heterocycles. The summed E-state index contributed by atoms with van der Waals surface area (Å²) in [5.41, 5.74) is 5.72. The zero-order valence-electron chi connectivity index (χ0n) is 11.3. The summed E-state index contributed by atoms with van der Waals surface area (Å²) < 4.78 is 0. The standard InChI is InChI=1S/C14H16ClN3O3/c15-11-6-9(18(20)21)5-10(13(11)16)14(19)17-12-4-7-1-2-8(12)3-7/h5-8,12H,1-4,16H2,(H,17,19). The number of fused-ring (bicyclic) bond motifs is 2. The monoisotopic (exact) mass is 309 g/mol. The summed E-state index contributed by atoms with van der Waals surface area (Å²) in [5.74, 6) is 0.844. The van der Waals surface area contributed by atoms with E-state index in [-0.39, 0.29) is 33.9 Å². The summed E-state index contributed by atoms with van der Waals surface area (Å²) in [6.07, 6.45) is 4.53. The lowest BCUT2D eigenvalue weighted by molar-refractivity contribution is -0.384. The van der Waals surface area contributed by atoms with Gasteiger partial charge in [0, 0.05) is 18.2 Å². The first-order chi connectivity index (χ1) is 9.95. The highest BCUT2D eigenvalue weighted by Crippen LogP contribution is 2.44. The van der Waals surface area contributed by atoms with E-state index in [1.807, 2.05) is 0 Å². The van der Waals surface area contributed by atoms with Gasteiger partial charge in [0.1, 0.15) is 0 Å². The molecule has 1 aromatic rings. The molecule has 112 valence electrons. The van der Waals surface area contributed by atoms with E-state index < -0.39 is 4.92 Å². The van der Waals surface area contributed by atoms with E-state index in [1.165, 1.54) is 12.5 Å². The van der Waals surface area contributed by atoms with Crippen LogP contribution in [-0.2, 0) is 0 Å². The number of rotatable bonds is 3. The topological polar surface area (TPSA) is 98.3 Å². The van der Waals surface area contributed by atoms with Crippen LogP contribution < -0.4 is 11.1 Å². The number of carbonyl (C=O) groups excluding carboxylic acids is 1. The molecule has 0 saturated heterocycles. The summed E-state index contributed by atoms with van der Waals surface area (Å²) in [6.45, 7) is 0. The Morgan fingerprint density at radius 3 is 2.71 bits per heavy atom. The predicted molar refractivity (Wildman–Crippen MR) is 79.2 cm³/mol. The average Bonchev–Trinajstić information content (AvgIpc) is 3.03. The maximum absolute atomic E-state index is 12.4. The number of nitrogens with one attached hydrogen (secondary N) is 1. The highest BCUT2D eigenvalue weighted by atomic mass is 35.5. The van der Waals surface area contributed by atoms with Gasteiger partial charge in [0.2, 0.25) is 0 Å². The van der Waals surface area contributed by atoms with Gasteiger partial charge in [0.15, 0.2) is 0 Å². The van der Waals surface area contributed by atoms with E-state index in [9.17, 15) is 14.9 Å². The van der Waals surface area contributed by atoms with Crippen LogP contribution >= 0.6 is 11.6 Å². The fraction of sp³-hybridized carbons (Fsp3) is 0.500. The van der Waals surface area contributed by atoms with Crippen molar-refractivity contribution >= 4 is 28.9 Å². The van der Waals surface area contributed by atoms with Crippen LogP contribution in [-0.4, -0.2) is 16.9 Å². The molecule has 3 rings (SSSR count). The molecule has 7 heteroatoms. The minimum absolute atomic E-state index is 0.0299. The van der Waals surface area contributed by atoms with Gasteiger partial charge in [-0.05, 0) is 31.1 Å². The van der Waals surface area contributed by atoms with E-state index >= 15 is 0 Å². The molecule has 1 amide bonds. The van der Waals surface area contributed by atoms with Crippen molar-refractivity contribution < 1.29 is 9.72 Å². The van der Waals surface area contributed by atoms with Crippen LogP contribution in [0.15, 0.2) is 12.1 Å². The van der Waals surface area contributed by atoms with Crippen molar-refractivity contribution in [3.8, 4) is 0 Å². The van der Waals surface area contributed by atoms with Gasteiger partial charge in [-0.25, -0.2) is 0 Å². The molecule has 2 fully saturated rings. The summed E-state index contributed by atoms with van der Waals surface area (Å²) >= 11 is 5.88. The van der Waals surface area contributed by atoms with E-state index in [1.54, 1.807) is 0 Å². The van der Waals surface area contributed by atoms with Gasteiger partial charge in [-0.2, -0.15) is 0 Å². The lowest BCUT2D eigenvalue weighted by atomic mass is 9.95. The zero-order chi connectivity index (χ0) is 15.1. The number of amides is 1. The number of benzene rings is 1. The van der Waals surface area contributed by atoms with E-state index in [4.69, 9.17) is 17.3 Å². The van der Waals surface area contributed by atoms with Gasteiger partial charge in [-0.3, -0.25) is 14.9 Å². The second kappa shape index (κ2) is 5.18. The summed E-state index contributed by atoms with van der Waals surface area (Å²) in [4.78, 5) is 22.6. The van der Waals surface area contributed by atoms with Crippen molar-refractivity contribution in [3.63, 3.8) is 0 Å². The van der Waals surface area contributed by atoms with Crippen molar-refractivity contribution in [2.75, 3.05) is 5.73 Å².